The van der Waals surface area contributed by atoms with Crippen LogP contribution in [0.1, 0.15) is 5.56 Å². The molecule has 2 aromatic rings. The molecule has 0 aliphatic rings. The first-order chi connectivity index (χ1) is 8.58. The average molecular weight is 288 g/mol. The summed E-state index contributed by atoms with van der Waals surface area (Å²) in [6, 6.07) is 8.81. The molecule has 0 atom stereocenters. The van der Waals surface area contributed by atoms with Crippen LogP contribution in [0.25, 0.3) is 0 Å². The van der Waals surface area contributed by atoms with E-state index in [1.165, 1.54) is 24.3 Å². The third-order valence-electron chi connectivity index (χ3n) is 2.43. The molecule has 0 aliphatic carbocycles. The second-order valence-corrected chi connectivity index (χ2v) is 4.53. The molecule has 0 heterocycles. The molecule has 1 nitrogen and oxygen atoms in total. The summed E-state index contributed by atoms with van der Waals surface area (Å²) in [6.45, 7) is 0.129. The van der Waals surface area contributed by atoms with Crippen LogP contribution in [0, 0.1) is 11.6 Å². The van der Waals surface area contributed by atoms with Gasteiger partial charge in [0.05, 0.1) is 10.7 Å². The Labute approximate surface area is 113 Å². The van der Waals surface area contributed by atoms with Gasteiger partial charge in [-0.15, -0.1) is 0 Å². The van der Waals surface area contributed by atoms with Gasteiger partial charge in [-0.3, -0.25) is 0 Å². The summed E-state index contributed by atoms with van der Waals surface area (Å²) in [5.41, 5.74) is 0.587. The highest BCUT2D eigenvalue weighted by atomic mass is 35.5. The Bertz CT molecular complexity index is 571. The molecule has 0 saturated heterocycles. The average Bonchev–Trinajstić information content (AvgIpc) is 2.35. The summed E-state index contributed by atoms with van der Waals surface area (Å²) < 4.78 is 27.0. The van der Waals surface area contributed by atoms with Gasteiger partial charge >= 0.3 is 0 Å². The summed E-state index contributed by atoms with van der Waals surface area (Å²) in [5, 5.41) is 3.23. The molecule has 94 valence electrons. The van der Waals surface area contributed by atoms with E-state index in [9.17, 15) is 8.78 Å². The minimum Gasteiger partial charge on any atom is -0.378 e. The summed E-state index contributed by atoms with van der Waals surface area (Å²) in [6.07, 6.45) is 0. The van der Waals surface area contributed by atoms with Gasteiger partial charge in [0, 0.05) is 17.1 Å². The van der Waals surface area contributed by atoms with Gasteiger partial charge in [0.2, 0.25) is 0 Å². The highest BCUT2D eigenvalue weighted by Crippen LogP contribution is 2.22. The first kappa shape index (κ1) is 13.1. The van der Waals surface area contributed by atoms with Crippen molar-refractivity contribution >= 4 is 28.9 Å². The number of benzene rings is 2. The van der Waals surface area contributed by atoms with Crippen molar-refractivity contribution < 1.29 is 8.78 Å². The quantitative estimate of drug-likeness (QED) is 0.848. The SMILES string of the molecule is Fc1ccc(Cl)cc1NCc1cccc(Cl)c1F. The standard InChI is InChI=1S/C13H9Cl2F2N/c14-9-4-5-11(16)12(6-9)18-7-8-2-1-3-10(15)13(8)17/h1-6,18H,7H2. The fourth-order valence-electron chi connectivity index (χ4n) is 1.51. The van der Waals surface area contributed by atoms with Crippen molar-refractivity contribution in [2.24, 2.45) is 0 Å². The maximum absolute atomic E-state index is 13.6. The third kappa shape index (κ3) is 2.92. The van der Waals surface area contributed by atoms with Crippen LogP contribution in [-0.4, -0.2) is 0 Å². The molecule has 2 rings (SSSR count). The molecule has 0 saturated carbocycles. The monoisotopic (exact) mass is 287 g/mol. The van der Waals surface area contributed by atoms with Gasteiger partial charge in [-0.1, -0.05) is 35.3 Å². The van der Waals surface area contributed by atoms with E-state index in [1.54, 1.807) is 12.1 Å². The van der Waals surface area contributed by atoms with Gasteiger partial charge in [-0.2, -0.15) is 0 Å². The topological polar surface area (TPSA) is 12.0 Å². The Morgan fingerprint density at radius 1 is 1.06 bits per heavy atom. The van der Waals surface area contributed by atoms with Gasteiger partial charge in [-0.05, 0) is 24.3 Å². The Kier molecular flexibility index (Phi) is 4.04. The predicted octanol–water partition coefficient (Wildman–Crippen LogP) is 4.88. The van der Waals surface area contributed by atoms with E-state index in [0.717, 1.165) is 0 Å². The lowest BCUT2D eigenvalue weighted by molar-refractivity contribution is 0.611. The number of halogens is 4. The largest absolute Gasteiger partial charge is 0.378 e. The number of nitrogens with one attached hydrogen (secondary N) is 1. The van der Waals surface area contributed by atoms with E-state index < -0.39 is 11.6 Å². The lowest BCUT2D eigenvalue weighted by Crippen LogP contribution is -2.03. The van der Waals surface area contributed by atoms with Crippen molar-refractivity contribution in [3.05, 3.63) is 63.6 Å². The van der Waals surface area contributed by atoms with E-state index in [4.69, 9.17) is 23.2 Å². The van der Waals surface area contributed by atoms with Crippen LogP contribution >= 0.6 is 23.2 Å². The first-order valence-corrected chi connectivity index (χ1v) is 5.95. The Morgan fingerprint density at radius 3 is 2.61 bits per heavy atom. The van der Waals surface area contributed by atoms with Crippen LogP contribution in [0.3, 0.4) is 0 Å². The molecule has 0 amide bonds. The van der Waals surface area contributed by atoms with Crippen molar-refractivity contribution in [1.29, 1.82) is 0 Å². The lowest BCUT2D eigenvalue weighted by atomic mass is 10.2. The number of anilines is 1. The zero-order valence-corrected chi connectivity index (χ0v) is 10.7. The van der Waals surface area contributed by atoms with E-state index >= 15 is 0 Å². The van der Waals surface area contributed by atoms with Crippen molar-refractivity contribution in [2.45, 2.75) is 6.54 Å². The molecule has 0 unspecified atom stereocenters. The van der Waals surface area contributed by atoms with Crippen molar-refractivity contribution in [2.75, 3.05) is 5.32 Å². The number of hydrogen-bond acceptors (Lipinski definition) is 1. The fraction of sp³-hybridized carbons (Fsp3) is 0.0769. The summed E-state index contributed by atoms with van der Waals surface area (Å²) in [7, 11) is 0. The van der Waals surface area contributed by atoms with Gasteiger partial charge in [0.25, 0.3) is 0 Å². The Hall–Kier alpha value is -1.32. The minimum atomic E-state index is -0.505. The second-order valence-electron chi connectivity index (χ2n) is 3.69. The van der Waals surface area contributed by atoms with Crippen molar-refractivity contribution in [1.82, 2.24) is 0 Å². The Morgan fingerprint density at radius 2 is 1.83 bits per heavy atom. The number of rotatable bonds is 3. The second kappa shape index (κ2) is 5.55. The molecule has 0 aromatic heterocycles. The normalized spacial score (nSPS) is 10.4. The molecule has 1 N–H and O–H groups in total. The summed E-state index contributed by atoms with van der Waals surface area (Å²) in [5.74, 6) is -0.948. The maximum atomic E-state index is 13.6. The highest BCUT2D eigenvalue weighted by molar-refractivity contribution is 6.31. The zero-order valence-electron chi connectivity index (χ0n) is 9.18. The van der Waals surface area contributed by atoms with Crippen LogP contribution in [0.15, 0.2) is 36.4 Å². The van der Waals surface area contributed by atoms with E-state index in [-0.39, 0.29) is 17.3 Å². The minimum absolute atomic E-state index is 0.0425. The maximum Gasteiger partial charge on any atom is 0.146 e. The molecule has 0 fully saturated rings. The molecule has 18 heavy (non-hydrogen) atoms. The van der Waals surface area contributed by atoms with Crippen LogP contribution in [0.2, 0.25) is 10.0 Å². The summed E-state index contributed by atoms with van der Waals surface area (Å²) in [4.78, 5) is 0. The fourth-order valence-corrected chi connectivity index (χ4v) is 1.87. The van der Waals surface area contributed by atoms with Gasteiger partial charge in [0.1, 0.15) is 11.6 Å². The van der Waals surface area contributed by atoms with Crippen LogP contribution in [0.5, 0.6) is 0 Å². The molecule has 0 bridgehead atoms. The van der Waals surface area contributed by atoms with Crippen molar-refractivity contribution in [3.63, 3.8) is 0 Å². The molecule has 0 radical (unpaired) electrons. The zero-order chi connectivity index (χ0) is 13.1. The van der Waals surface area contributed by atoms with Gasteiger partial charge < -0.3 is 5.32 Å². The third-order valence-corrected chi connectivity index (χ3v) is 2.96. The Balaban J connectivity index is 2.16. The first-order valence-electron chi connectivity index (χ1n) is 5.20. The lowest BCUT2D eigenvalue weighted by Gasteiger charge is -2.09. The molecular formula is C13H9Cl2F2N. The molecule has 2 aromatic carbocycles. The highest BCUT2D eigenvalue weighted by Gasteiger charge is 2.07. The van der Waals surface area contributed by atoms with Gasteiger partial charge in [0.15, 0.2) is 0 Å². The van der Waals surface area contributed by atoms with E-state index in [2.05, 4.69) is 5.32 Å². The summed E-state index contributed by atoms with van der Waals surface area (Å²) >= 11 is 11.4. The van der Waals surface area contributed by atoms with Crippen LogP contribution in [0.4, 0.5) is 14.5 Å². The van der Waals surface area contributed by atoms with Crippen LogP contribution < -0.4 is 5.32 Å². The number of hydrogen-bond donors (Lipinski definition) is 1. The molecule has 0 spiro atoms. The predicted molar refractivity (Wildman–Crippen MR) is 70.1 cm³/mol. The smallest absolute Gasteiger partial charge is 0.146 e. The van der Waals surface area contributed by atoms with E-state index in [1.807, 2.05) is 0 Å². The molecular weight excluding hydrogens is 279 g/mol. The van der Waals surface area contributed by atoms with Gasteiger partial charge in [-0.25, -0.2) is 8.78 Å². The van der Waals surface area contributed by atoms with Crippen molar-refractivity contribution in [3.8, 4) is 0 Å². The molecule has 0 aliphatic heterocycles. The molecule has 5 heteroatoms. The van der Waals surface area contributed by atoms with Crippen LogP contribution in [-0.2, 0) is 6.54 Å². The van der Waals surface area contributed by atoms with E-state index in [0.29, 0.717) is 10.6 Å².